The molecule has 0 bridgehead atoms. The van der Waals surface area contributed by atoms with Crippen LogP contribution in [0.3, 0.4) is 0 Å². The molecule has 1 aromatic heterocycles. The highest BCUT2D eigenvalue weighted by molar-refractivity contribution is 9.10. The van der Waals surface area contributed by atoms with Crippen LogP contribution in [0.15, 0.2) is 57.2 Å². The topological polar surface area (TPSA) is 109 Å². The lowest BCUT2D eigenvalue weighted by atomic mass is 10.1. The largest absolute Gasteiger partial charge is 0.481 e. The van der Waals surface area contributed by atoms with E-state index in [4.69, 9.17) is 9.52 Å². The summed E-state index contributed by atoms with van der Waals surface area (Å²) in [4.78, 5) is 35.3. The zero-order valence-electron chi connectivity index (χ0n) is 15.1. The minimum Gasteiger partial charge on any atom is -0.481 e. The Kier molecular flexibility index (Phi) is 8.48. The maximum Gasteiger partial charge on any atom is 0.303 e. The lowest BCUT2D eigenvalue weighted by molar-refractivity contribution is -0.137. The maximum absolute atomic E-state index is 12.5. The van der Waals surface area contributed by atoms with E-state index in [1.807, 2.05) is 24.3 Å². The number of hydrogen-bond acceptors (Lipinski definition) is 4. The smallest absolute Gasteiger partial charge is 0.303 e. The molecular weight excluding hydrogens is 428 g/mol. The Morgan fingerprint density at radius 2 is 1.93 bits per heavy atom. The molecule has 0 atom stereocenters. The van der Waals surface area contributed by atoms with Crippen LogP contribution in [0.4, 0.5) is 0 Å². The number of aliphatic carboxylic acids is 1. The van der Waals surface area contributed by atoms with Crippen LogP contribution in [0, 0.1) is 0 Å². The SMILES string of the molecule is O=C(O)CCCCCNC(=O)/C(=C/c1cccc(Br)c1)NC(=O)c1ccco1. The van der Waals surface area contributed by atoms with E-state index in [1.165, 1.54) is 12.3 Å². The molecule has 0 aliphatic rings. The number of benzene rings is 1. The molecule has 7 nitrogen and oxygen atoms in total. The fourth-order valence-corrected chi connectivity index (χ4v) is 2.81. The maximum atomic E-state index is 12.5. The van der Waals surface area contributed by atoms with Crippen LogP contribution in [-0.4, -0.2) is 29.4 Å². The summed E-state index contributed by atoms with van der Waals surface area (Å²) in [7, 11) is 0. The summed E-state index contributed by atoms with van der Waals surface area (Å²) < 4.78 is 5.91. The van der Waals surface area contributed by atoms with Crippen molar-refractivity contribution in [2.24, 2.45) is 0 Å². The van der Waals surface area contributed by atoms with Crippen molar-refractivity contribution in [1.29, 1.82) is 0 Å². The van der Waals surface area contributed by atoms with Crippen molar-refractivity contribution in [2.75, 3.05) is 6.54 Å². The molecule has 0 aliphatic carbocycles. The molecule has 8 heteroatoms. The Balaban J connectivity index is 2.01. The number of carboxylic acids is 1. The van der Waals surface area contributed by atoms with Crippen molar-refractivity contribution < 1.29 is 23.9 Å². The molecule has 0 saturated carbocycles. The third kappa shape index (κ3) is 7.40. The second kappa shape index (κ2) is 11.1. The minimum absolute atomic E-state index is 0.0880. The van der Waals surface area contributed by atoms with Crippen molar-refractivity contribution in [3.8, 4) is 0 Å². The second-order valence-corrected chi connectivity index (χ2v) is 6.92. The van der Waals surface area contributed by atoms with Gasteiger partial charge in [0.25, 0.3) is 11.8 Å². The van der Waals surface area contributed by atoms with Gasteiger partial charge in [0.1, 0.15) is 5.70 Å². The lowest BCUT2D eigenvalue weighted by Crippen LogP contribution is -2.35. The van der Waals surface area contributed by atoms with Gasteiger partial charge in [0.15, 0.2) is 5.76 Å². The first-order chi connectivity index (χ1) is 13.5. The normalized spacial score (nSPS) is 11.1. The van der Waals surface area contributed by atoms with E-state index < -0.39 is 17.8 Å². The molecule has 2 amide bonds. The van der Waals surface area contributed by atoms with Gasteiger partial charge in [0, 0.05) is 17.4 Å². The second-order valence-electron chi connectivity index (χ2n) is 6.00. The molecule has 0 unspecified atom stereocenters. The lowest BCUT2D eigenvalue weighted by Gasteiger charge is -2.10. The molecule has 3 N–H and O–H groups in total. The zero-order valence-corrected chi connectivity index (χ0v) is 16.7. The fourth-order valence-electron chi connectivity index (χ4n) is 2.39. The predicted octanol–water partition coefficient (Wildman–Crippen LogP) is 3.57. The van der Waals surface area contributed by atoms with Gasteiger partial charge in [0.05, 0.1) is 6.26 Å². The highest BCUT2D eigenvalue weighted by Crippen LogP contribution is 2.14. The van der Waals surface area contributed by atoms with Crippen LogP contribution in [0.2, 0.25) is 0 Å². The monoisotopic (exact) mass is 448 g/mol. The summed E-state index contributed by atoms with van der Waals surface area (Å²) in [6.45, 7) is 0.380. The molecule has 2 aromatic rings. The molecule has 1 aromatic carbocycles. The number of rotatable bonds is 10. The van der Waals surface area contributed by atoms with Gasteiger partial charge in [-0.2, -0.15) is 0 Å². The van der Waals surface area contributed by atoms with E-state index in [1.54, 1.807) is 12.1 Å². The van der Waals surface area contributed by atoms with Gasteiger partial charge in [-0.1, -0.05) is 34.5 Å². The number of nitrogens with one attached hydrogen (secondary N) is 2. The van der Waals surface area contributed by atoms with E-state index in [0.29, 0.717) is 25.8 Å². The van der Waals surface area contributed by atoms with Crippen molar-refractivity contribution >= 4 is 39.8 Å². The molecule has 0 spiro atoms. The number of carbonyl (C=O) groups is 3. The van der Waals surface area contributed by atoms with E-state index in [9.17, 15) is 14.4 Å². The Labute approximate surface area is 170 Å². The molecule has 0 saturated heterocycles. The van der Waals surface area contributed by atoms with Gasteiger partial charge in [-0.05, 0) is 48.7 Å². The van der Waals surface area contributed by atoms with E-state index in [-0.39, 0.29) is 17.9 Å². The van der Waals surface area contributed by atoms with E-state index in [2.05, 4.69) is 26.6 Å². The molecule has 148 valence electrons. The first-order valence-electron chi connectivity index (χ1n) is 8.78. The number of halogens is 1. The first kappa shape index (κ1) is 21.4. The highest BCUT2D eigenvalue weighted by Gasteiger charge is 2.16. The average Bonchev–Trinajstić information content (AvgIpc) is 3.18. The number of furan rings is 1. The molecular formula is C20H21BrN2O5. The Bertz CT molecular complexity index is 846. The number of amides is 2. The van der Waals surface area contributed by atoms with E-state index in [0.717, 1.165) is 10.0 Å². The summed E-state index contributed by atoms with van der Waals surface area (Å²) in [5.74, 6) is -1.69. The highest BCUT2D eigenvalue weighted by atomic mass is 79.9. The number of unbranched alkanes of at least 4 members (excludes halogenated alkanes) is 2. The van der Waals surface area contributed by atoms with E-state index >= 15 is 0 Å². The van der Waals surface area contributed by atoms with Crippen LogP contribution in [0.1, 0.15) is 41.8 Å². The standard InChI is InChI=1S/C20H21BrN2O5/c21-15-7-4-6-14(12-15)13-16(23-20(27)17-8-5-11-28-17)19(26)22-10-3-1-2-9-18(24)25/h4-8,11-13H,1-3,9-10H2,(H,22,26)(H,23,27)(H,24,25)/b16-13-. The molecule has 1 heterocycles. The minimum atomic E-state index is -0.830. The third-order valence-electron chi connectivity index (χ3n) is 3.75. The summed E-state index contributed by atoms with van der Waals surface area (Å²) in [6, 6.07) is 10.4. The molecule has 2 rings (SSSR count). The van der Waals surface area contributed by atoms with Gasteiger partial charge in [-0.15, -0.1) is 0 Å². The van der Waals surface area contributed by atoms with Crippen LogP contribution >= 0.6 is 15.9 Å². The van der Waals surface area contributed by atoms with Gasteiger partial charge >= 0.3 is 5.97 Å². The molecule has 0 fully saturated rings. The molecule has 28 heavy (non-hydrogen) atoms. The summed E-state index contributed by atoms with van der Waals surface area (Å²) >= 11 is 3.37. The average molecular weight is 449 g/mol. The van der Waals surface area contributed by atoms with Crippen molar-refractivity contribution in [3.05, 3.63) is 64.2 Å². The Hall–Kier alpha value is -2.87. The van der Waals surface area contributed by atoms with Gasteiger partial charge in [-0.3, -0.25) is 14.4 Å². The quantitative estimate of drug-likeness (QED) is 0.380. The predicted molar refractivity (Wildman–Crippen MR) is 107 cm³/mol. The zero-order chi connectivity index (χ0) is 20.4. The van der Waals surface area contributed by atoms with Crippen LogP contribution < -0.4 is 10.6 Å². The van der Waals surface area contributed by atoms with Crippen LogP contribution in [0.5, 0.6) is 0 Å². The van der Waals surface area contributed by atoms with Gasteiger partial charge in [-0.25, -0.2) is 0 Å². The van der Waals surface area contributed by atoms with Crippen molar-refractivity contribution in [2.45, 2.75) is 25.7 Å². The first-order valence-corrected chi connectivity index (χ1v) is 9.57. The Morgan fingerprint density at radius 3 is 2.61 bits per heavy atom. The molecule has 0 aliphatic heterocycles. The number of carboxylic acid groups (broad SMARTS) is 1. The number of carbonyl (C=O) groups excluding carboxylic acids is 2. The van der Waals surface area contributed by atoms with Gasteiger partial charge < -0.3 is 20.2 Å². The number of hydrogen-bond donors (Lipinski definition) is 3. The van der Waals surface area contributed by atoms with Crippen molar-refractivity contribution in [3.63, 3.8) is 0 Å². The summed E-state index contributed by atoms with van der Waals surface area (Å²) in [5, 5.41) is 13.9. The van der Waals surface area contributed by atoms with Gasteiger partial charge in [0.2, 0.25) is 0 Å². The Morgan fingerprint density at radius 1 is 1.11 bits per heavy atom. The molecule has 0 radical (unpaired) electrons. The third-order valence-corrected chi connectivity index (χ3v) is 4.24. The summed E-state index contributed by atoms with van der Waals surface area (Å²) in [5.41, 5.74) is 0.825. The van der Waals surface area contributed by atoms with Crippen molar-refractivity contribution in [1.82, 2.24) is 10.6 Å². The summed E-state index contributed by atoms with van der Waals surface area (Å²) in [6.07, 6.45) is 4.96. The van der Waals surface area contributed by atoms with Crippen LogP contribution in [0.25, 0.3) is 6.08 Å². The fraction of sp³-hybridized carbons (Fsp3) is 0.250. The van der Waals surface area contributed by atoms with Crippen LogP contribution in [-0.2, 0) is 9.59 Å².